The van der Waals surface area contributed by atoms with E-state index in [1.807, 2.05) is 39.8 Å². The van der Waals surface area contributed by atoms with Gasteiger partial charge in [-0.05, 0) is 129 Å². The second-order valence-corrected chi connectivity index (χ2v) is 12.0. The van der Waals surface area contributed by atoms with Crippen LogP contribution in [0, 0.1) is 33.6 Å². The zero-order valence-electron chi connectivity index (χ0n) is 22.9. The number of phenolic OH excluding ortho intramolecular Hbond substituents is 3. The lowest BCUT2D eigenvalue weighted by Gasteiger charge is -2.50. The second kappa shape index (κ2) is 9.74. The van der Waals surface area contributed by atoms with Gasteiger partial charge in [-0.25, -0.2) is 0 Å². The Hall–Kier alpha value is -2.94. The van der Waals surface area contributed by atoms with Gasteiger partial charge in [0, 0.05) is 5.41 Å². The third-order valence-corrected chi connectivity index (χ3v) is 9.90. The summed E-state index contributed by atoms with van der Waals surface area (Å²) in [6, 6.07) is 16.8. The molecule has 0 amide bonds. The third-order valence-electron chi connectivity index (χ3n) is 9.90. The highest BCUT2D eigenvalue weighted by Crippen LogP contribution is 2.56. The third kappa shape index (κ3) is 4.41. The summed E-state index contributed by atoms with van der Waals surface area (Å²) in [4.78, 5) is 0. The normalized spacial score (nSPS) is 19.6. The molecule has 3 N–H and O–H groups in total. The first-order valence-electron chi connectivity index (χ1n) is 14.1. The lowest BCUT2D eigenvalue weighted by molar-refractivity contribution is 0.124. The van der Waals surface area contributed by atoms with Crippen molar-refractivity contribution in [2.24, 2.45) is 5.92 Å². The van der Waals surface area contributed by atoms with Crippen LogP contribution >= 0.6 is 0 Å². The maximum Gasteiger partial charge on any atom is 0.121 e. The number of aryl methyl sites for hydroxylation is 4. The highest BCUT2D eigenvalue weighted by atomic mass is 16.3. The van der Waals surface area contributed by atoms with Crippen LogP contribution in [0.3, 0.4) is 0 Å². The van der Waals surface area contributed by atoms with E-state index in [1.165, 1.54) is 48.8 Å². The number of rotatable bonds is 4. The van der Waals surface area contributed by atoms with Crippen molar-refractivity contribution < 1.29 is 15.3 Å². The largest absolute Gasteiger partial charge is 0.508 e. The first-order chi connectivity index (χ1) is 17.7. The van der Waals surface area contributed by atoms with Crippen LogP contribution in [0.2, 0.25) is 0 Å². The first-order valence-corrected chi connectivity index (χ1v) is 14.1. The van der Waals surface area contributed by atoms with Crippen LogP contribution in [-0.2, 0) is 10.8 Å². The molecular weight excluding hydrogens is 456 g/mol. The zero-order valence-corrected chi connectivity index (χ0v) is 22.9. The fraction of sp³-hybridized carbons (Fsp3) is 0.471. The van der Waals surface area contributed by atoms with Gasteiger partial charge in [0.05, 0.1) is 0 Å². The summed E-state index contributed by atoms with van der Waals surface area (Å²) in [6.45, 7) is 8.00. The van der Waals surface area contributed by atoms with E-state index in [2.05, 4.69) is 36.4 Å². The molecule has 196 valence electrons. The van der Waals surface area contributed by atoms with Crippen LogP contribution in [0.15, 0.2) is 48.5 Å². The SMILES string of the molecule is Cc1cc(C2(c3cc(C)c(O)c(C)c3)CCC(C3(c4ccc(O)cc4)CCCCC3)CC2)cc(C)c1O. The Bertz CT molecular complexity index is 1170. The van der Waals surface area contributed by atoms with Gasteiger partial charge in [-0.3, -0.25) is 0 Å². The highest BCUT2D eigenvalue weighted by Gasteiger charge is 2.47. The monoisotopic (exact) mass is 498 g/mol. The second-order valence-electron chi connectivity index (χ2n) is 12.0. The van der Waals surface area contributed by atoms with Crippen molar-refractivity contribution in [1.29, 1.82) is 0 Å². The van der Waals surface area contributed by atoms with Gasteiger partial charge < -0.3 is 15.3 Å². The molecule has 0 aromatic heterocycles. The molecule has 2 saturated carbocycles. The molecule has 3 heteroatoms. The first kappa shape index (κ1) is 25.7. The van der Waals surface area contributed by atoms with Crippen LogP contribution in [0.5, 0.6) is 17.2 Å². The number of phenols is 3. The van der Waals surface area contributed by atoms with Crippen molar-refractivity contribution in [2.45, 2.75) is 96.3 Å². The summed E-state index contributed by atoms with van der Waals surface area (Å²) in [7, 11) is 0. The van der Waals surface area contributed by atoms with E-state index < -0.39 is 0 Å². The summed E-state index contributed by atoms with van der Waals surface area (Å²) in [5.41, 5.74) is 7.71. The van der Waals surface area contributed by atoms with E-state index in [9.17, 15) is 15.3 Å². The van der Waals surface area contributed by atoms with Crippen LogP contribution in [0.4, 0.5) is 0 Å². The standard InChI is InChI=1S/C34H42O3/c1-22-18-28(19-23(2)31(22)36)34(29-20-24(3)32(37)25(4)21-29)16-12-27(13-17-34)33(14-6-5-7-15-33)26-8-10-30(35)11-9-26/h8-11,18-21,27,35-37H,5-7,12-17H2,1-4H3. The van der Waals surface area contributed by atoms with E-state index in [-0.39, 0.29) is 10.8 Å². The summed E-state index contributed by atoms with van der Waals surface area (Å²) in [5, 5.41) is 31.1. The molecule has 5 rings (SSSR count). The van der Waals surface area contributed by atoms with Gasteiger partial charge in [-0.1, -0.05) is 55.7 Å². The molecule has 37 heavy (non-hydrogen) atoms. The van der Waals surface area contributed by atoms with E-state index in [0.29, 0.717) is 23.2 Å². The molecule has 0 aliphatic heterocycles. The predicted octanol–water partition coefficient (Wildman–Crippen LogP) is 8.42. The van der Waals surface area contributed by atoms with Crippen molar-refractivity contribution in [1.82, 2.24) is 0 Å². The van der Waals surface area contributed by atoms with E-state index in [4.69, 9.17) is 0 Å². The molecule has 2 aliphatic rings. The van der Waals surface area contributed by atoms with Crippen molar-refractivity contribution in [3.8, 4) is 17.2 Å². The minimum absolute atomic E-state index is 0.145. The van der Waals surface area contributed by atoms with Gasteiger partial charge in [0.15, 0.2) is 0 Å². The topological polar surface area (TPSA) is 60.7 Å². The molecular formula is C34H42O3. The fourth-order valence-corrected chi connectivity index (χ4v) is 7.78. The van der Waals surface area contributed by atoms with Gasteiger partial charge >= 0.3 is 0 Å². The molecule has 0 saturated heterocycles. The molecule has 0 unspecified atom stereocenters. The molecule has 2 aliphatic carbocycles. The minimum atomic E-state index is -0.145. The van der Waals surface area contributed by atoms with Crippen LogP contribution in [-0.4, -0.2) is 15.3 Å². The molecule has 0 spiro atoms. The van der Waals surface area contributed by atoms with Crippen molar-refractivity contribution in [3.05, 3.63) is 87.5 Å². The van der Waals surface area contributed by atoms with Gasteiger partial charge in [0.1, 0.15) is 17.2 Å². The summed E-state index contributed by atoms with van der Waals surface area (Å²) in [5.74, 6) is 1.72. The maximum absolute atomic E-state index is 10.5. The van der Waals surface area contributed by atoms with Crippen LogP contribution in [0.1, 0.15) is 96.7 Å². The smallest absolute Gasteiger partial charge is 0.121 e. The van der Waals surface area contributed by atoms with Crippen LogP contribution < -0.4 is 0 Å². The highest BCUT2D eigenvalue weighted by molar-refractivity contribution is 5.52. The van der Waals surface area contributed by atoms with Crippen molar-refractivity contribution >= 4 is 0 Å². The molecule has 2 fully saturated rings. The van der Waals surface area contributed by atoms with E-state index in [0.717, 1.165) is 47.9 Å². The Balaban J connectivity index is 1.57. The van der Waals surface area contributed by atoms with E-state index in [1.54, 1.807) is 0 Å². The molecule has 0 heterocycles. The molecule has 3 nitrogen and oxygen atoms in total. The van der Waals surface area contributed by atoms with Gasteiger partial charge in [0.25, 0.3) is 0 Å². The lowest BCUT2D eigenvalue weighted by Crippen LogP contribution is -2.43. The lowest BCUT2D eigenvalue weighted by atomic mass is 9.54. The average molecular weight is 499 g/mol. The molecule has 3 aromatic rings. The van der Waals surface area contributed by atoms with Gasteiger partial charge in [0.2, 0.25) is 0 Å². The summed E-state index contributed by atoms with van der Waals surface area (Å²) in [6.07, 6.45) is 10.7. The van der Waals surface area contributed by atoms with Crippen molar-refractivity contribution in [2.75, 3.05) is 0 Å². The van der Waals surface area contributed by atoms with Gasteiger partial charge in [-0.15, -0.1) is 0 Å². The number of benzene rings is 3. The molecule has 3 aromatic carbocycles. The molecule has 0 bridgehead atoms. The summed E-state index contributed by atoms with van der Waals surface area (Å²) >= 11 is 0. The Labute approximate surface area is 222 Å². The number of hydrogen-bond donors (Lipinski definition) is 3. The molecule has 0 radical (unpaired) electrons. The quantitative estimate of drug-likeness (QED) is 0.338. The van der Waals surface area contributed by atoms with Crippen molar-refractivity contribution in [3.63, 3.8) is 0 Å². The molecule has 0 atom stereocenters. The Morgan fingerprint density at radius 2 is 1.00 bits per heavy atom. The maximum atomic E-state index is 10.5. The fourth-order valence-electron chi connectivity index (χ4n) is 7.78. The Morgan fingerprint density at radius 1 is 0.568 bits per heavy atom. The van der Waals surface area contributed by atoms with E-state index >= 15 is 0 Å². The minimum Gasteiger partial charge on any atom is -0.508 e. The predicted molar refractivity (Wildman–Crippen MR) is 151 cm³/mol. The Kier molecular flexibility index (Phi) is 6.77. The van der Waals surface area contributed by atoms with Gasteiger partial charge in [-0.2, -0.15) is 0 Å². The summed E-state index contributed by atoms with van der Waals surface area (Å²) < 4.78 is 0. The van der Waals surface area contributed by atoms with Crippen LogP contribution in [0.25, 0.3) is 0 Å². The Morgan fingerprint density at radius 3 is 1.43 bits per heavy atom. The number of aromatic hydroxyl groups is 3. The zero-order chi connectivity index (χ0) is 26.4. The number of hydrogen-bond acceptors (Lipinski definition) is 3. The average Bonchev–Trinajstić information content (AvgIpc) is 2.90.